The van der Waals surface area contributed by atoms with Crippen molar-refractivity contribution in [2.75, 3.05) is 6.54 Å². The van der Waals surface area contributed by atoms with Gasteiger partial charge >= 0.3 is 12.1 Å². The van der Waals surface area contributed by atoms with Gasteiger partial charge in [0.2, 0.25) is 0 Å². The van der Waals surface area contributed by atoms with Gasteiger partial charge in [-0.25, -0.2) is 0 Å². The molecule has 0 aliphatic carbocycles. The molecule has 35 heavy (non-hydrogen) atoms. The Bertz CT molecular complexity index is 1370. The van der Waals surface area contributed by atoms with E-state index in [1.165, 1.54) is 41.1 Å². The molecule has 0 atom stereocenters. The van der Waals surface area contributed by atoms with Crippen LogP contribution in [0.3, 0.4) is 0 Å². The summed E-state index contributed by atoms with van der Waals surface area (Å²) in [5.74, 6) is -2.98. The Morgan fingerprint density at radius 1 is 1.14 bits per heavy atom. The first-order chi connectivity index (χ1) is 16.6. The predicted octanol–water partition coefficient (Wildman–Crippen LogP) is 2.53. The van der Waals surface area contributed by atoms with Gasteiger partial charge in [0.25, 0.3) is 11.5 Å². The van der Waals surface area contributed by atoms with Crippen LogP contribution in [0.5, 0.6) is 5.75 Å². The number of nitrogens with one attached hydrogen (secondary N) is 1. The lowest BCUT2D eigenvalue weighted by Gasteiger charge is -2.16. The number of hydrogen-bond donors (Lipinski definition) is 3. The molecule has 2 aromatic heterocycles. The zero-order valence-corrected chi connectivity index (χ0v) is 17.9. The minimum Gasteiger partial charge on any atom is -0.506 e. The lowest BCUT2D eigenvalue weighted by molar-refractivity contribution is -0.137. The van der Waals surface area contributed by atoms with Gasteiger partial charge in [0.15, 0.2) is 0 Å². The Kier molecular flexibility index (Phi) is 6.31. The molecule has 4 rings (SSSR count). The van der Waals surface area contributed by atoms with Crippen molar-refractivity contribution in [3.63, 3.8) is 0 Å². The molecule has 3 N–H and O–H groups in total. The molecule has 1 amide bonds. The van der Waals surface area contributed by atoms with Crippen LogP contribution in [0.1, 0.15) is 32.7 Å². The first kappa shape index (κ1) is 24.0. The molecule has 0 radical (unpaired) electrons. The van der Waals surface area contributed by atoms with E-state index in [-0.39, 0.29) is 36.6 Å². The van der Waals surface area contributed by atoms with Gasteiger partial charge in [-0.3, -0.25) is 19.4 Å². The van der Waals surface area contributed by atoms with Crippen LogP contribution in [0, 0.1) is 0 Å². The minimum absolute atomic E-state index is 0.0143. The summed E-state index contributed by atoms with van der Waals surface area (Å²) in [5, 5.41) is 21.3. The second kappa shape index (κ2) is 9.22. The normalized spacial score (nSPS) is 12.9. The van der Waals surface area contributed by atoms with Crippen molar-refractivity contribution in [3.8, 4) is 17.0 Å². The van der Waals surface area contributed by atoms with E-state index in [4.69, 9.17) is 9.84 Å². The van der Waals surface area contributed by atoms with Gasteiger partial charge in [-0.15, -0.1) is 0 Å². The summed E-state index contributed by atoms with van der Waals surface area (Å²) < 4.78 is 46.5. The number of hydrogen-bond acceptors (Lipinski definition) is 6. The van der Waals surface area contributed by atoms with Crippen LogP contribution in [0.2, 0.25) is 0 Å². The first-order valence-corrected chi connectivity index (χ1v) is 10.2. The van der Waals surface area contributed by atoms with Gasteiger partial charge in [0.1, 0.15) is 17.9 Å². The molecule has 3 aromatic rings. The molecule has 0 unspecified atom stereocenters. The zero-order chi connectivity index (χ0) is 25.3. The average Bonchev–Trinajstić information content (AvgIpc) is 3.31. The lowest BCUT2D eigenvalue weighted by Crippen LogP contribution is -2.37. The predicted molar refractivity (Wildman–Crippen MR) is 115 cm³/mol. The van der Waals surface area contributed by atoms with Crippen LogP contribution in [0.4, 0.5) is 13.2 Å². The van der Waals surface area contributed by atoms with Crippen LogP contribution in [-0.4, -0.2) is 38.2 Å². The van der Waals surface area contributed by atoms with Crippen molar-refractivity contribution >= 4 is 11.9 Å². The van der Waals surface area contributed by atoms with E-state index in [1.54, 1.807) is 0 Å². The SMILES string of the molecule is O=C(O)CNC(=O)c1c(O)c2c(n(Cc3ccc(-c4ccccc4C(F)(F)F)nc3)c1=O)COC2. The van der Waals surface area contributed by atoms with Crippen molar-refractivity contribution in [1.82, 2.24) is 14.9 Å². The number of pyridine rings is 2. The molecule has 3 heterocycles. The highest BCUT2D eigenvalue weighted by Crippen LogP contribution is 2.36. The van der Waals surface area contributed by atoms with E-state index in [9.17, 15) is 32.7 Å². The van der Waals surface area contributed by atoms with Crippen LogP contribution in [0.15, 0.2) is 47.4 Å². The molecular weight excluding hydrogens is 471 g/mol. The van der Waals surface area contributed by atoms with Crippen molar-refractivity contribution in [2.24, 2.45) is 0 Å². The molecule has 1 aromatic carbocycles. The quantitative estimate of drug-likeness (QED) is 0.485. The molecule has 0 spiro atoms. The van der Waals surface area contributed by atoms with Gasteiger partial charge in [-0.1, -0.05) is 24.3 Å². The number of amides is 1. The summed E-state index contributed by atoms with van der Waals surface area (Å²) >= 11 is 0. The van der Waals surface area contributed by atoms with Crippen LogP contribution in [-0.2, 0) is 35.5 Å². The van der Waals surface area contributed by atoms with Crippen LogP contribution < -0.4 is 10.9 Å². The van der Waals surface area contributed by atoms with Gasteiger partial charge in [0, 0.05) is 17.3 Å². The Hall–Kier alpha value is -4.19. The van der Waals surface area contributed by atoms with Crippen molar-refractivity contribution in [1.29, 1.82) is 0 Å². The topological polar surface area (TPSA) is 131 Å². The number of aromatic nitrogens is 2. The summed E-state index contributed by atoms with van der Waals surface area (Å²) in [6, 6.07) is 7.91. The number of alkyl halides is 3. The van der Waals surface area contributed by atoms with Gasteiger partial charge in [-0.2, -0.15) is 13.2 Å². The Balaban J connectivity index is 1.70. The van der Waals surface area contributed by atoms with Crippen LogP contribution >= 0.6 is 0 Å². The fourth-order valence-electron chi connectivity index (χ4n) is 3.81. The Labute approximate surface area is 195 Å². The summed E-state index contributed by atoms with van der Waals surface area (Å²) in [7, 11) is 0. The third-order valence-corrected chi connectivity index (χ3v) is 5.44. The molecule has 1 aliphatic rings. The number of benzene rings is 1. The molecule has 1 aliphatic heterocycles. The van der Waals surface area contributed by atoms with E-state index in [0.29, 0.717) is 11.3 Å². The Morgan fingerprint density at radius 3 is 2.54 bits per heavy atom. The maximum atomic E-state index is 13.3. The first-order valence-electron chi connectivity index (χ1n) is 10.2. The van der Waals surface area contributed by atoms with Gasteiger partial charge < -0.3 is 24.8 Å². The van der Waals surface area contributed by atoms with Gasteiger partial charge in [0.05, 0.1) is 36.7 Å². The monoisotopic (exact) mass is 489 g/mol. The highest BCUT2D eigenvalue weighted by Gasteiger charge is 2.33. The van der Waals surface area contributed by atoms with Crippen LogP contribution in [0.25, 0.3) is 11.3 Å². The molecule has 0 bridgehead atoms. The number of carbonyl (C=O) groups excluding carboxylic acids is 1. The van der Waals surface area contributed by atoms with Gasteiger partial charge in [-0.05, 0) is 17.7 Å². The van der Waals surface area contributed by atoms with Crippen molar-refractivity contribution in [3.05, 3.63) is 80.9 Å². The summed E-state index contributed by atoms with van der Waals surface area (Å²) in [6.07, 6.45) is -3.25. The number of carbonyl (C=O) groups is 2. The second-order valence-corrected chi connectivity index (χ2v) is 7.70. The van der Waals surface area contributed by atoms with Crippen molar-refractivity contribution in [2.45, 2.75) is 25.9 Å². The number of carboxylic acid groups (broad SMARTS) is 1. The maximum Gasteiger partial charge on any atom is 0.417 e. The number of rotatable bonds is 6. The lowest BCUT2D eigenvalue weighted by atomic mass is 10.0. The smallest absolute Gasteiger partial charge is 0.417 e. The number of halogens is 3. The minimum atomic E-state index is -4.56. The molecule has 0 fully saturated rings. The van der Waals surface area contributed by atoms with E-state index in [0.717, 1.165) is 6.07 Å². The number of fused-ring (bicyclic) bond motifs is 1. The third-order valence-electron chi connectivity index (χ3n) is 5.44. The molecule has 182 valence electrons. The zero-order valence-electron chi connectivity index (χ0n) is 17.9. The highest BCUT2D eigenvalue weighted by atomic mass is 19.4. The molecule has 0 saturated heterocycles. The van der Waals surface area contributed by atoms with E-state index in [2.05, 4.69) is 4.98 Å². The number of ether oxygens (including phenoxy) is 1. The van der Waals surface area contributed by atoms with E-state index >= 15 is 0 Å². The fraction of sp³-hybridized carbons (Fsp3) is 0.217. The number of aliphatic carboxylic acids is 1. The molecule has 12 heteroatoms. The average molecular weight is 489 g/mol. The number of nitrogens with zero attached hydrogens (tertiary/aromatic N) is 2. The second-order valence-electron chi connectivity index (χ2n) is 7.70. The highest BCUT2D eigenvalue weighted by molar-refractivity contribution is 5.98. The largest absolute Gasteiger partial charge is 0.506 e. The molecule has 0 saturated carbocycles. The third kappa shape index (κ3) is 4.73. The summed E-state index contributed by atoms with van der Waals surface area (Å²) in [6.45, 7) is -0.944. The molecular formula is C23H18F3N3O6. The molecule has 9 nitrogen and oxygen atoms in total. The van der Waals surface area contributed by atoms with E-state index in [1.807, 2.05) is 5.32 Å². The number of carboxylic acids is 1. The standard InChI is InChI=1S/C23H18F3N3O6/c24-23(25,26)15-4-2-1-3-13(15)16-6-5-12(7-27-16)9-29-17-11-35-10-14(17)20(32)19(22(29)34)21(33)28-8-18(30)31/h1-7,32H,8-11H2,(H,28,33)(H,30,31). The summed E-state index contributed by atoms with van der Waals surface area (Å²) in [5.41, 5.74) is -1.36. The maximum absolute atomic E-state index is 13.3. The fourth-order valence-corrected chi connectivity index (χ4v) is 3.81. The summed E-state index contributed by atoms with van der Waals surface area (Å²) in [4.78, 5) is 40.4. The Morgan fingerprint density at radius 2 is 1.89 bits per heavy atom. The number of aromatic hydroxyl groups is 1. The van der Waals surface area contributed by atoms with Crippen molar-refractivity contribution < 1.29 is 37.7 Å². The van der Waals surface area contributed by atoms with E-state index < -0.39 is 47.0 Å².